The highest BCUT2D eigenvalue weighted by Gasteiger charge is 2.48. The molecule has 1 aromatic carbocycles. The summed E-state index contributed by atoms with van der Waals surface area (Å²) in [7, 11) is 1.98. The minimum absolute atomic E-state index is 0.242. The van der Waals surface area contributed by atoms with E-state index >= 15 is 0 Å². The summed E-state index contributed by atoms with van der Waals surface area (Å²) in [5, 5.41) is 0. The summed E-state index contributed by atoms with van der Waals surface area (Å²) in [4.78, 5) is 0. The van der Waals surface area contributed by atoms with Gasteiger partial charge in [0.2, 0.25) is 0 Å². The molecule has 0 amide bonds. The topological polar surface area (TPSA) is 36.9 Å². The lowest BCUT2D eigenvalue weighted by Gasteiger charge is -2.32. The highest BCUT2D eigenvalue weighted by atomic mass is 28.4. The molecule has 0 fully saturated rings. The van der Waals surface area contributed by atoms with Gasteiger partial charge in [-0.15, -0.1) is 0 Å². The lowest BCUT2D eigenvalue weighted by molar-refractivity contribution is 0.0665. The predicted octanol–water partition coefficient (Wildman–Crippen LogP) is 3.29. The van der Waals surface area contributed by atoms with Gasteiger partial charge in [0.25, 0.3) is 0 Å². The number of benzene rings is 1. The quantitative estimate of drug-likeness (QED) is 0.690. The van der Waals surface area contributed by atoms with Crippen molar-refractivity contribution >= 4 is 14.9 Å². The molecule has 0 bridgehead atoms. The molecule has 0 heterocycles. The summed E-state index contributed by atoms with van der Waals surface area (Å²) in [5.41, 5.74) is 0.786. The molecular weight excluding hydrogens is 272 g/mol. The third kappa shape index (κ3) is 3.70. The molecule has 20 heavy (non-hydrogen) atoms. The molecule has 1 atom stereocenters. The van der Waals surface area contributed by atoms with E-state index in [1.807, 2.05) is 50.3 Å². The molecule has 4 nitrogen and oxygen atoms in total. The predicted molar refractivity (Wildman–Crippen MR) is 82.6 cm³/mol. The molecule has 112 valence electrons. The number of allylic oxidation sites excluding steroid dienone is 1. The first-order valence-corrected chi connectivity index (χ1v) is 8.51. The first kappa shape index (κ1) is 16.9. The smallest absolute Gasteiger partial charge is 0.485 e. The van der Waals surface area contributed by atoms with Crippen LogP contribution in [0.5, 0.6) is 5.75 Å². The average Bonchev–Trinajstić information content (AvgIpc) is 2.50. The van der Waals surface area contributed by atoms with E-state index in [0.717, 1.165) is 17.7 Å². The molecule has 0 N–H and O–H groups in total. The van der Waals surface area contributed by atoms with Crippen LogP contribution in [0, 0.1) is 0 Å². The van der Waals surface area contributed by atoms with E-state index in [1.54, 1.807) is 21.3 Å². The van der Waals surface area contributed by atoms with Gasteiger partial charge in [0.1, 0.15) is 5.75 Å². The van der Waals surface area contributed by atoms with Crippen LogP contribution in [0.3, 0.4) is 0 Å². The van der Waals surface area contributed by atoms with E-state index < -0.39 is 8.80 Å². The largest absolute Gasteiger partial charge is 0.543 e. The molecule has 0 aliphatic rings. The zero-order valence-electron chi connectivity index (χ0n) is 12.9. The van der Waals surface area contributed by atoms with E-state index in [0.29, 0.717) is 0 Å². The van der Waals surface area contributed by atoms with Gasteiger partial charge in [-0.1, -0.05) is 37.3 Å². The van der Waals surface area contributed by atoms with Crippen LogP contribution in [0.25, 0.3) is 6.08 Å². The van der Waals surface area contributed by atoms with Crippen LogP contribution in [0.1, 0.15) is 25.8 Å². The Hall–Kier alpha value is -1.14. The van der Waals surface area contributed by atoms with E-state index in [9.17, 15) is 0 Å². The van der Waals surface area contributed by atoms with Crippen molar-refractivity contribution in [2.45, 2.75) is 26.0 Å². The Balaban J connectivity index is 3.04. The van der Waals surface area contributed by atoms with Gasteiger partial charge >= 0.3 is 8.80 Å². The van der Waals surface area contributed by atoms with Crippen molar-refractivity contribution in [1.29, 1.82) is 0 Å². The summed E-state index contributed by atoms with van der Waals surface area (Å²) >= 11 is 0. The molecule has 0 spiro atoms. The van der Waals surface area contributed by atoms with Crippen LogP contribution >= 0.6 is 0 Å². The van der Waals surface area contributed by atoms with Gasteiger partial charge in [-0.3, -0.25) is 0 Å². The maximum Gasteiger partial charge on any atom is 0.543 e. The molecule has 1 aromatic rings. The van der Waals surface area contributed by atoms with Gasteiger partial charge in [-0.2, -0.15) is 0 Å². The van der Waals surface area contributed by atoms with Crippen molar-refractivity contribution in [1.82, 2.24) is 0 Å². The monoisotopic (exact) mass is 296 g/mol. The summed E-state index contributed by atoms with van der Waals surface area (Å²) in [6.45, 7) is 4.01. The van der Waals surface area contributed by atoms with Crippen LogP contribution in [0.15, 0.2) is 30.3 Å². The van der Waals surface area contributed by atoms with Crippen molar-refractivity contribution in [2.24, 2.45) is 0 Å². The van der Waals surface area contributed by atoms with Crippen molar-refractivity contribution in [3.05, 3.63) is 35.9 Å². The number of hydrogen-bond donors (Lipinski definition) is 0. The fourth-order valence-electron chi connectivity index (χ4n) is 2.11. The van der Waals surface area contributed by atoms with E-state index in [1.165, 1.54) is 0 Å². The molecule has 0 aliphatic heterocycles. The third-order valence-corrected chi connectivity index (χ3v) is 6.18. The summed E-state index contributed by atoms with van der Waals surface area (Å²) < 4.78 is 22.7. The summed E-state index contributed by atoms with van der Waals surface area (Å²) in [6, 6.07) is 7.89. The van der Waals surface area contributed by atoms with Crippen molar-refractivity contribution in [3.8, 4) is 5.75 Å². The van der Waals surface area contributed by atoms with Crippen LogP contribution in [-0.2, 0) is 13.3 Å². The van der Waals surface area contributed by atoms with Crippen LogP contribution in [0.2, 0.25) is 0 Å². The van der Waals surface area contributed by atoms with Gasteiger partial charge in [-0.05, 0) is 19.4 Å². The zero-order chi connectivity index (χ0) is 15.0. The standard InChI is InChI=1S/C15H24O4Si/c1-6-10-13-11-8-9-12-14(13)19-15(7-2)20(16-3,17-4)18-5/h6,8-12,15H,7H2,1-5H3/b10-6-. The summed E-state index contributed by atoms with van der Waals surface area (Å²) in [5.74, 6) is 0.806. The first-order chi connectivity index (χ1) is 9.67. The highest BCUT2D eigenvalue weighted by Crippen LogP contribution is 2.25. The number of hydrogen-bond acceptors (Lipinski definition) is 4. The Morgan fingerprint density at radius 3 is 2.20 bits per heavy atom. The SMILES string of the molecule is C/C=C\c1ccccc1OC(CC)[Si](OC)(OC)OC. The second kappa shape index (κ2) is 8.21. The molecule has 0 aromatic heterocycles. The maximum atomic E-state index is 6.12. The Kier molecular flexibility index (Phi) is 6.94. The van der Waals surface area contributed by atoms with Crippen LogP contribution in [-0.4, -0.2) is 35.9 Å². The Morgan fingerprint density at radius 1 is 1.10 bits per heavy atom. The van der Waals surface area contributed by atoms with Crippen molar-refractivity contribution < 1.29 is 18.0 Å². The molecule has 1 rings (SSSR count). The molecule has 0 aliphatic carbocycles. The molecule has 1 unspecified atom stereocenters. The van der Waals surface area contributed by atoms with Crippen LogP contribution < -0.4 is 4.74 Å². The molecular formula is C15H24O4Si. The molecule has 5 heteroatoms. The normalized spacial score (nSPS) is 13.7. The van der Waals surface area contributed by atoms with Crippen LogP contribution in [0.4, 0.5) is 0 Å². The van der Waals surface area contributed by atoms with Gasteiger partial charge in [0, 0.05) is 26.9 Å². The van der Waals surface area contributed by atoms with E-state index in [4.69, 9.17) is 18.0 Å². The highest BCUT2D eigenvalue weighted by molar-refractivity contribution is 6.62. The molecule has 0 radical (unpaired) electrons. The second-order valence-corrected chi connectivity index (χ2v) is 7.34. The Labute approximate surface area is 122 Å². The Bertz CT molecular complexity index is 421. The fraction of sp³-hybridized carbons (Fsp3) is 0.467. The third-order valence-electron chi connectivity index (χ3n) is 3.15. The number of rotatable bonds is 8. The lowest BCUT2D eigenvalue weighted by atomic mass is 10.2. The Morgan fingerprint density at radius 2 is 1.70 bits per heavy atom. The van der Waals surface area contributed by atoms with Crippen molar-refractivity contribution in [2.75, 3.05) is 21.3 Å². The molecule has 0 saturated carbocycles. The van der Waals surface area contributed by atoms with E-state index in [2.05, 4.69) is 0 Å². The van der Waals surface area contributed by atoms with Gasteiger partial charge in [0.15, 0.2) is 5.73 Å². The van der Waals surface area contributed by atoms with Gasteiger partial charge in [0.05, 0.1) is 0 Å². The number of ether oxygens (including phenoxy) is 1. The summed E-state index contributed by atoms with van der Waals surface area (Å²) in [6.07, 6.45) is 4.74. The molecule has 0 saturated heterocycles. The van der Waals surface area contributed by atoms with Gasteiger partial charge in [-0.25, -0.2) is 0 Å². The van der Waals surface area contributed by atoms with Gasteiger partial charge < -0.3 is 18.0 Å². The minimum Gasteiger partial charge on any atom is -0.485 e. The minimum atomic E-state index is -2.82. The van der Waals surface area contributed by atoms with E-state index in [-0.39, 0.29) is 5.73 Å². The average molecular weight is 296 g/mol. The fourth-order valence-corrected chi connectivity index (χ4v) is 4.17. The zero-order valence-corrected chi connectivity index (χ0v) is 13.9. The maximum absolute atomic E-state index is 6.12. The van der Waals surface area contributed by atoms with Crippen molar-refractivity contribution in [3.63, 3.8) is 0 Å². The second-order valence-electron chi connectivity index (χ2n) is 4.27. The first-order valence-electron chi connectivity index (χ1n) is 6.71. The number of para-hydroxylation sites is 1. The lowest BCUT2D eigenvalue weighted by Crippen LogP contribution is -2.56.